The lowest BCUT2D eigenvalue weighted by Crippen LogP contribution is -2.09. The van der Waals surface area contributed by atoms with Crippen molar-refractivity contribution >= 4 is 11.6 Å². The third kappa shape index (κ3) is 3.35. The molecule has 0 bridgehead atoms. The molecule has 1 aromatic rings. The first-order valence-electron chi connectivity index (χ1n) is 4.12. The number of hydrogen-bond acceptors (Lipinski definition) is 2. The Kier molecular flexibility index (Phi) is 4.22. The van der Waals surface area contributed by atoms with Crippen LogP contribution in [-0.2, 0) is 16.1 Å². The summed E-state index contributed by atoms with van der Waals surface area (Å²) in [6.07, 6.45) is -0.198. The summed E-state index contributed by atoms with van der Waals surface area (Å²) < 4.78 is 10.3. The Balaban J connectivity index is 2.50. The van der Waals surface area contributed by atoms with Crippen molar-refractivity contribution in [3.8, 4) is 0 Å². The first kappa shape index (κ1) is 10.5. The normalized spacial score (nSPS) is 12.8. The van der Waals surface area contributed by atoms with E-state index < -0.39 is 0 Å². The summed E-state index contributed by atoms with van der Waals surface area (Å²) in [6, 6.07) is 7.61. The predicted molar refractivity (Wildman–Crippen MR) is 52.7 cm³/mol. The fourth-order valence-corrected chi connectivity index (χ4v) is 1.08. The lowest BCUT2D eigenvalue weighted by atomic mass is 10.2. The van der Waals surface area contributed by atoms with Crippen LogP contribution in [0.4, 0.5) is 0 Å². The summed E-state index contributed by atoms with van der Waals surface area (Å²) in [4.78, 5) is 0. The Morgan fingerprint density at radius 3 is 2.69 bits per heavy atom. The molecule has 1 atom stereocenters. The minimum absolute atomic E-state index is 0.198. The smallest absolute Gasteiger partial charge is 0.154 e. The molecule has 0 fully saturated rings. The van der Waals surface area contributed by atoms with Gasteiger partial charge in [0.15, 0.2) is 6.29 Å². The quantitative estimate of drug-likeness (QED) is 0.696. The maximum absolute atomic E-state index is 5.93. The highest BCUT2D eigenvalue weighted by atomic mass is 35.5. The highest BCUT2D eigenvalue weighted by Crippen LogP contribution is 2.16. The van der Waals surface area contributed by atoms with Crippen LogP contribution in [-0.4, -0.2) is 13.4 Å². The standard InChI is InChI=1S/C10H13ClO2/c1-8(12-2)13-7-9-5-3-4-6-10(9)11/h3-6,8H,7H2,1-2H3. The number of methoxy groups -OCH3 is 1. The minimum Gasteiger partial charge on any atom is -0.356 e. The highest BCUT2D eigenvalue weighted by Gasteiger charge is 2.02. The molecule has 0 heterocycles. The average molecular weight is 201 g/mol. The van der Waals surface area contributed by atoms with E-state index in [0.717, 1.165) is 10.6 Å². The number of halogens is 1. The Labute approximate surface area is 83.4 Å². The summed E-state index contributed by atoms with van der Waals surface area (Å²) in [5.74, 6) is 0. The van der Waals surface area contributed by atoms with Crippen LogP contribution in [0.15, 0.2) is 24.3 Å². The molecule has 0 spiro atoms. The molecule has 0 N–H and O–H groups in total. The zero-order valence-corrected chi connectivity index (χ0v) is 8.54. The van der Waals surface area contributed by atoms with E-state index in [0.29, 0.717) is 6.61 Å². The summed E-state index contributed by atoms with van der Waals surface area (Å²) >= 11 is 5.93. The van der Waals surface area contributed by atoms with E-state index in [1.165, 1.54) is 0 Å². The van der Waals surface area contributed by atoms with Crippen molar-refractivity contribution in [2.45, 2.75) is 19.8 Å². The van der Waals surface area contributed by atoms with E-state index in [2.05, 4.69) is 0 Å². The van der Waals surface area contributed by atoms with Gasteiger partial charge >= 0.3 is 0 Å². The Hall–Kier alpha value is -0.570. The van der Waals surface area contributed by atoms with Crippen LogP contribution in [0.25, 0.3) is 0 Å². The maximum atomic E-state index is 5.93. The monoisotopic (exact) mass is 200 g/mol. The second-order valence-corrected chi connectivity index (χ2v) is 3.11. The van der Waals surface area contributed by atoms with Gasteiger partial charge in [0.25, 0.3) is 0 Å². The van der Waals surface area contributed by atoms with Crippen molar-refractivity contribution in [2.75, 3.05) is 7.11 Å². The fourth-order valence-electron chi connectivity index (χ4n) is 0.891. The summed E-state index contributed by atoms with van der Waals surface area (Å²) in [7, 11) is 1.61. The molecule has 72 valence electrons. The van der Waals surface area contributed by atoms with Crippen LogP contribution in [0.2, 0.25) is 5.02 Å². The molecule has 0 amide bonds. The van der Waals surface area contributed by atoms with E-state index >= 15 is 0 Å². The van der Waals surface area contributed by atoms with Crippen molar-refractivity contribution in [3.05, 3.63) is 34.9 Å². The molecule has 2 nitrogen and oxygen atoms in total. The number of ether oxygens (including phenoxy) is 2. The Bertz CT molecular complexity index is 263. The molecule has 0 aromatic heterocycles. The molecular weight excluding hydrogens is 188 g/mol. The maximum Gasteiger partial charge on any atom is 0.154 e. The third-order valence-electron chi connectivity index (χ3n) is 1.76. The molecule has 0 saturated carbocycles. The van der Waals surface area contributed by atoms with Gasteiger partial charge in [0.2, 0.25) is 0 Å². The first-order chi connectivity index (χ1) is 6.24. The molecule has 0 aliphatic rings. The van der Waals surface area contributed by atoms with Gasteiger partial charge in [0.1, 0.15) is 0 Å². The fraction of sp³-hybridized carbons (Fsp3) is 0.400. The van der Waals surface area contributed by atoms with Crippen LogP contribution >= 0.6 is 11.6 Å². The van der Waals surface area contributed by atoms with Crippen molar-refractivity contribution in [1.82, 2.24) is 0 Å². The molecule has 3 heteroatoms. The van der Waals surface area contributed by atoms with Crippen LogP contribution in [0, 0.1) is 0 Å². The van der Waals surface area contributed by atoms with Gasteiger partial charge in [0, 0.05) is 12.1 Å². The van der Waals surface area contributed by atoms with Gasteiger partial charge < -0.3 is 9.47 Å². The minimum atomic E-state index is -0.198. The third-order valence-corrected chi connectivity index (χ3v) is 2.13. The van der Waals surface area contributed by atoms with E-state index in [4.69, 9.17) is 21.1 Å². The predicted octanol–water partition coefficient (Wildman–Crippen LogP) is 2.85. The largest absolute Gasteiger partial charge is 0.356 e. The van der Waals surface area contributed by atoms with Crippen molar-refractivity contribution in [2.24, 2.45) is 0 Å². The van der Waals surface area contributed by atoms with Crippen LogP contribution in [0.3, 0.4) is 0 Å². The van der Waals surface area contributed by atoms with Gasteiger partial charge in [0.05, 0.1) is 6.61 Å². The van der Waals surface area contributed by atoms with Gasteiger partial charge in [-0.3, -0.25) is 0 Å². The number of rotatable bonds is 4. The van der Waals surface area contributed by atoms with Crippen molar-refractivity contribution in [3.63, 3.8) is 0 Å². The van der Waals surface area contributed by atoms with Gasteiger partial charge in [-0.1, -0.05) is 29.8 Å². The topological polar surface area (TPSA) is 18.5 Å². The van der Waals surface area contributed by atoms with E-state index in [9.17, 15) is 0 Å². The van der Waals surface area contributed by atoms with Crippen LogP contribution in [0.5, 0.6) is 0 Å². The van der Waals surface area contributed by atoms with E-state index in [1.807, 2.05) is 31.2 Å². The lowest BCUT2D eigenvalue weighted by Gasteiger charge is -2.11. The average Bonchev–Trinajstić information content (AvgIpc) is 2.16. The molecular formula is C10H13ClO2. The van der Waals surface area contributed by atoms with E-state index in [1.54, 1.807) is 7.11 Å². The summed E-state index contributed by atoms with van der Waals surface area (Å²) in [5.41, 5.74) is 0.980. The van der Waals surface area contributed by atoms with Crippen LogP contribution in [0.1, 0.15) is 12.5 Å². The second kappa shape index (κ2) is 5.22. The molecule has 1 aromatic carbocycles. The van der Waals surface area contributed by atoms with E-state index in [-0.39, 0.29) is 6.29 Å². The Morgan fingerprint density at radius 1 is 1.38 bits per heavy atom. The van der Waals surface area contributed by atoms with Gasteiger partial charge in [-0.05, 0) is 18.6 Å². The first-order valence-corrected chi connectivity index (χ1v) is 4.49. The Morgan fingerprint density at radius 2 is 2.08 bits per heavy atom. The highest BCUT2D eigenvalue weighted by molar-refractivity contribution is 6.31. The number of benzene rings is 1. The van der Waals surface area contributed by atoms with Crippen LogP contribution < -0.4 is 0 Å². The molecule has 1 unspecified atom stereocenters. The van der Waals surface area contributed by atoms with Gasteiger partial charge in [-0.2, -0.15) is 0 Å². The summed E-state index contributed by atoms with van der Waals surface area (Å²) in [5, 5.41) is 0.728. The summed E-state index contributed by atoms with van der Waals surface area (Å²) in [6.45, 7) is 2.32. The zero-order valence-electron chi connectivity index (χ0n) is 7.79. The number of hydrogen-bond donors (Lipinski definition) is 0. The molecule has 1 rings (SSSR count). The molecule has 13 heavy (non-hydrogen) atoms. The van der Waals surface area contributed by atoms with Crippen molar-refractivity contribution in [1.29, 1.82) is 0 Å². The molecule has 0 radical (unpaired) electrons. The zero-order chi connectivity index (χ0) is 9.68. The van der Waals surface area contributed by atoms with Crippen molar-refractivity contribution < 1.29 is 9.47 Å². The SMILES string of the molecule is COC(C)OCc1ccccc1Cl. The molecule has 0 aliphatic heterocycles. The molecule has 0 saturated heterocycles. The van der Waals surface area contributed by atoms with Gasteiger partial charge in [-0.25, -0.2) is 0 Å². The molecule has 0 aliphatic carbocycles. The lowest BCUT2D eigenvalue weighted by molar-refractivity contribution is -0.118. The second-order valence-electron chi connectivity index (χ2n) is 2.71. The van der Waals surface area contributed by atoms with Gasteiger partial charge in [-0.15, -0.1) is 0 Å².